The molecule has 0 saturated carbocycles. The Hall–Kier alpha value is -4.59. The molecule has 4 aromatic rings. The smallest absolute Gasteiger partial charge is 0.238 e. The molecular formula is C35H26Cl2N2O5. The molecule has 0 aromatic heterocycles. The molecule has 7 rings (SSSR count). The van der Waals surface area contributed by atoms with Crippen LogP contribution < -0.4 is 14.8 Å². The number of Topliss-reactive ketones (excluding diaryl/α,β-unsaturated/α-hetero) is 2. The number of hydrogen-bond acceptors (Lipinski definition) is 6. The summed E-state index contributed by atoms with van der Waals surface area (Å²) in [6.07, 6.45) is 3.71. The van der Waals surface area contributed by atoms with Crippen molar-refractivity contribution in [1.29, 1.82) is 0 Å². The number of nitrogens with one attached hydrogen (secondary N) is 1. The number of methoxy groups -OCH3 is 2. The number of benzene rings is 4. The number of nitrogens with zero attached hydrogens (tertiary/aromatic N) is 1. The zero-order chi connectivity index (χ0) is 30.7. The summed E-state index contributed by atoms with van der Waals surface area (Å²) in [5, 5.41) is 3.57. The van der Waals surface area contributed by atoms with Crippen LogP contribution in [0.3, 0.4) is 0 Å². The second-order valence-corrected chi connectivity index (χ2v) is 11.8. The summed E-state index contributed by atoms with van der Waals surface area (Å²) in [6, 6.07) is 22.8. The zero-order valence-electron chi connectivity index (χ0n) is 23.7. The molecule has 1 fully saturated rings. The third-order valence-electron chi connectivity index (χ3n) is 8.99. The van der Waals surface area contributed by atoms with Gasteiger partial charge in [0.2, 0.25) is 5.91 Å². The third-order valence-corrected chi connectivity index (χ3v) is 9.54. The predicted octanol–water partition coefficient (Wildman–Crippen LogP) is 6.99. The van der Waals surface area contributed by atoms with Gasteiger partial charge in [-0.3, -0.25) is 14.4 Å². The van der Waals surface area contributed by atoms with Crippen LogP contribution in [0.15, 0.2) is 91.1 Å². The summed E-state index contributed by atoms with van der Waals surface area (Å²) in [7, 11) is 2.98. The first-order valence-electron chi connectivity index (χ1n) is 14.0. The number of ketones is 2. The molecule has 4 aromatic carbocycles. The quantitative estimate of drug-likeness (QED) is 0.233. The summed E-state index contributed by atoms with van der Waals surface area (Å²) in [5.41, 5.74) is 1.86. The highest BCUT2D eigenvalue weighted by atomic mass is 35.5. The first kappa shape index (κ1) is 28.2. The second kappa shape index (κ2) is 10.5. The van der Waals surface area contributed by atoms with Gasteiger partial charge in [0.1, 0.15) is 23.0 Å². The van der Waals surface area contributed by atoms with E-state index in [1.165, 1.54) is 20.3 Å². The third kappa shape index (κ3) is 3.92. The Morgan fingerprint density at radius 3 is 2.41 bits per heavy atom. The van der Waals surface area contributed by atoms with Crippen LogP contribution in [-0.4, -0.2) is 42.6 Å². The fourth-order valence-electron chi connectivity index (χ4n) is 7.19. The number of hydrogen-bond donors (Lipinski definition) is 1. The molecule has 220 valence electrons. The molecule has 0 bridgehead atoms. The molecule has 3 heterocycles. The number of amides is 1. The van der Waals surface area contributed by atoms with E-state index in [9.17, 15) is 9.59 Å². The summed E-state index contributed by atoms with van der Waals surface area (Å²) in [5.74, 6) is -1.67. The lowest BCUT2D eigenvalue weighted by atomic mass is 9.62. The van der Waals surface area contributed by atoms with Crippen LogP contribution in [0, 0.1) is 5.92 Å². The van der Waals surface area contributed by atoms with Crippen molar-refractivity contribution in [1.82, 2.24) is 4.90 Å². The monoisotopic (exact) mass is 624 g/mol. The molecule has 1 amide bonds. The van der Waals surface area contributed by atoms with Gasteiger partial charge in [0, 0.05) is 22.5 Å². The Kier molecular flexibility index (Phi) is 6.76. The molecule has 1 spiro atoms. The van der Waals surface area contributed by atoms with Crippen LogP contribution in [0.1, 0.15) is 43.4 Å². The Labute approximate surface area is 264 Å². The molecule has 1 saturated heterocycles. The van der Waals surface area contributed by atoms with Crippen LogP contribution >= 0.6 is 23.2 Å². The molecule has 0 aliphatic carbocycles. The normalized spacial score (nSPS) is 22.7. The van der Waals surface area contributed by atoms with E-state index in [-0.39, 0.29) is 22.1 Å². The lowest BCUT2D eigenvalue weighted by Gasteiger charge is -2.38. The van der Waals surface area contributed by atoms with E-state index >= 15 is 4.79 Å². The van der Waals surface area contributed by atoms with Gasteiger partial charge in [0.15, 0.2) is 11.6 Å². The van der Waals surface area contributed by atoms with Crippen LogP contribution in [-0.2, 0) is 10.2 Å². The van der Waals surface area contributed by atoms with Crippen LogP contribution in [0.2, 0.25) is 10.0 Å². The number of fused-ring (bicyclic) bond motifs is 6. The summed E-state index contributed by atoms with van der Waals surface area (Å²) in [4.78, 5) is 46.5. The van der Waals surface area contributed by atoms with Crippen molar-refractivity contribution in [2.24, 2.45) is 5.92 Å². The average Bonchev–Trinajstić information content (AvgIpc) is 3.52. The lowest BCUT2D eigenvalue weighted by molar-refractivity contribution is -0.122. The van der Waals surface area contributed by atoms with Gasteiger partial charge in [-0.2, -0.15) is 0 Å². The Balaban J connectivity index is 1.56. The zero-order valence-corrected chi connectivity index (χ0v) is 25.2. The molecule has 4 atom stereocenters. The molecule has 4 unspecified atom stereocenters. The molecule has 1 N–H and O–H groups in total. The number of halogens is 2. The van der Waals surface area contributed by atoms with Crippen LogP contribution in [0.4, 0.5) is 5.69 Å². The molecule has 44 heavy (non-hydrogen) atoms. The summed E-state index contributed by atoms with van der Waals surface area (Å²) < 4.78 is 11.1. The minimum Gasteiger partial charge on any atom is -0.497 e. The van der Waals surface area contributed by atoms with E-state index in [0.29, 0.717) is 27.8 Å². The molecule has 0 radical (unpaired) electrons. The number of carbonyl (C=O) groups is 3. The van der Waals surface area contributed by atoms with Crippen molar-refractivity contribution in [3.8, 4) is 11.5 Å². The maximum Gasteiger partial charge on any atom is 0.238 e. The first-order valence-corrected chi connectivity index (χ1v) is 14.8. The highest BCUT2D eigenvalue weighted by Crippen LogP contribution is 2.62. The van der Waals surface area contributed by atoms with Crippen molar-refractivity contribution in [3.05, 3.63) is 129 Å². The topological polar surface area (TPSA) is 84.9 Å². The summed E-state index contributed by atoms with van der Waals surface area (Å²) in [6.45, 7) is 0. The number of carbonyl (C=O) groups excluding carboxylic acids is 3. The van der Waals surface area contributed by atoms with Gasteiger partial charge in [0.25, 0.3) is 0 Å². The van der Waals surface area contributed by atoms with Crippen molar-refractivity contribution < 1.29 is 23.9 Å². The van der Waals surface area contributed by atoms with Crippen molar-refractivity contribution in [2.45, 2.75) is 17.5 Å². The van der Waals surface area contributed by atoms with Crippen molar-refractivity contribution >= 4 is 52.4 Å². The fourth-order valence-corrected chi connectivity index (χ4v) is 7.69. The highest BCUT2D eigenvalue weighted by Gasteiger charge is 2.71. The first-order chi connectivity index (χ1) is 21.3. The highest BCUT2D eigenvalue weighted by molar-refractivity contribution is 6.37. The van der Waals surface area contributed by atoms with Gasteiger partial charge in [-0.05, 0) is 65.2 Å². The number of anilines is 1. The fraction of sp³-hybridized carbons (Fsp3) is 0.171. The van der Waals surface area contributed by atoms with Gasteiger partial charge in [-0.15, -0.1) is 0 Å². The van der Waals surface area contributed by atoms with Crippen molar-refractivity contribution in [3.63, 3.8) is 0 Å². The van der Waals surface area contributed by atoms with Gasteiger partial charge in [0.05, 0.1) is 36.8 Å². The Morgan fingerprint density at radius 2 is 1.64 bits per heavy atom. The number of ether oxygens (including phenoxy) is 2. The lowest BCUT2D eigenvalue weighted by Crippen LogP contribution is -2.49. The number of rotatable bonds is 6. The molecule has 7 nitrogen and oxygen atoms in total. The second-order valence-electron chi connectivity index (χ2n) is 11.0. The van der Waals surface area contributed by atoms with E-state index in [1.54, 1.807) is 30.3 Å². The van der Waals surface area contributed by atoms with Gasteiger partial charge < -0.3 is 19.7 Å². The maximum absolute atomic E-state index is 15.2. The van der Waals surface area contributed by atoms with Crippen molar-refractivity contribution in [2.75, 3.05) is 19.5 Å². The minimum absolute atomic E-state index is 0.155. The standard InChI is InChI=1S/C35H26Cl2N2O5/c1-43-21-12-14-28(44-2)24(18-21)31(40)29-30(32(41)23-13-11-20(36)17-26(23)37)39-16-15-19-7-3-4-8-22(19)33(39)35(29)25-9-5-6-10-27(25)38-34(35)42/h3-18,29-30,33H,1-2H3,(H,38,42). The minimum atomic E-state index is -1.50. The Bertz CT molecular complexity index is 1910. The molecule has 3 aliphatic heterocycles. The van der Waals surface area contributed by atoms with E-state index in [1.807, 2.05) is 65.7 Å². The average molecular weight is 626 g/mol. The predicted molar refractivity (Wildman–Crippen MR) is 169 cm³/mol. The SMILES string of the molecule is COc1ccc(OC)c(C(=O)C2C(C(=O)c3ccc(Cl)cc3Cl)N3C=Cc4ccccc4C3C23C(=O)Nc2ccccc23)c1. The molecule has 9 heteroatoms. The van der Waals surface area contributed by atoms with Crippen LogP contribution in [0.25, 0.3) is 6.08 Å². The van der Waals surface area contributed by atoms with E-state index in [0.717, 1.165) is 11.1 Å². The van der Waals surface area contributed by atoms with Gasteiger partial charge >= 0.3 is 0 Å². The van der Waals surface area contributed by atoms with E-state index < -0.39 is 35.0 Å². The van der Waals surface area contributed by atoms with Gasteiger partial charge in [-0.1, -0.05) is 65.7 Å². The summed E-state index contributed by atoms with van der Waals surface area (Å²) >= 11 is 12.8. The van der Waals surface area contributed by atoms with Crippen LogP contribution in [0.5, 0.6) is 11.5 Å². The van der Waals surface area contributed by atoms with E-state index in [2.05, 4.69) is 5.32 Å². The number of para-hydroxylation sites is 1. The Morgan fingerprint density at radius 1 is 0.864 bits per heavy atom. The molecule has 3 aliphatic rings. The van der Waals surface area contributed by atoms with E-state index in [4.69, 9.17) is 32.7 Å². The molecular weight excluding hydrogens is 599 g/mol. The largest absolute Gasteiger partial charge is 0.497 e. The van der Waals surface area contributed by atoms with Gasteiger partial charge in [-0.25, -0.2) is 0 Å². The maximum atomic E-state index is 15.2.